The highest BCUT2D eigenvalue weighted by Gasteiger charge is 2.38. The number of piperidine rings is 1. The summed E-state index contributed by atoms with van der Waals surface area (Å²) in [5.74, 6) is 0.766. The highest BCUT2D eigenvalue weighted by Crippen LogP contribution is 2.38. The number of hydrogen-bond donors (Lipinski definition) is 2. The molecule has 21 heavy (non-hydrogen) atoms. The normalized spacial score (nSPS) is 29.2. The van der Waals surface area contributed by atoms with Gasteiger partial charge in [-0.1, -0.05) is 13.0 Å². The number of nitrogens with two attached hydrogens (primary N) is 1. The van der Waals surface area contributed by atoms with Gasteiger partial charge in [-0.3, -0.25) is 4.79 Å². The Morgan fingerprint density at radius 1 is 1.29 bits per heavy atom. The van der Waals surface area contributed by atoms with Crippen LogP contribution in [0.1, 0.15) is 43.0 Å². The first-order valence-corrected chi connectivity index (χ1v) is 7.55. The first-order valence-electron chi connectivity index (χ1n) is 7.55. The zero-order chi connectivity index (χ0) is 15.7. The van der Waals surface area contributed by atoms with Gasteiger partial charge in [0.15, 0.2) is 0 Å². The summed E-state index contributed by atoms with van der Waals surface area (Å²) in [6.07, 6.45) is 0.971. The topological polar surface area (TPSA) is 64.3 Å². The van der Waals surface area contributed by atoms with Crippen LogP contribution in [0.5, 0.6) is 5.75 Å². The molecule has 1 fully saturated rings. The van der Waals surface area contributed by atoms with Gasteiger partial charge in [0.2, 0.25) is 5.91 Å². The number of benzene rings is 1. The molecule has 4 unspecified atom stereocenters. The lowest BCUT2D eigenvalue weighted by molar-refractivity contribution is -0.125. The highest BCUT2D eigenvalue weighted by atomic mass is 16.5. The van der Waals surface area contributed by atoms with E-state index in [0.717, 1.165) is 28.9 Å². The predicted molar refractivity (Wildman–Crippen MR) is 84.3 cm³/mol. The van der Waals surface area contributed by atoms with Crippen LogP contribution in [0.15, 0.2) is 12.1 Å². The van der Waals surface area contributed by atoms with Crippen molar-refractivity contribution in [2.75, 3.05) is 7.11 Å². The quantitative estimate of drug-likeness (QED) is 0.899. The summed E-state index contributed by atoms with van der Waals surface area (Å²) >= 11 is 0. The molecule has 1 aliphatic heterocycles. The molecule has 4 nitrogen and oxygen atoms in total. The zero-order valence-corrected chi connectivity index (χ0v) is 13.6. The van der Waals surface area contributed by atoms with Crippen LogP contribution < -0.4 is 15.8 Å². The van der Waals surface area contributed by atoms with Crippen molar-refractivity contribution in [1.82, 2.24) is 5.32 Å². The Hall–Kier alpha value is -1.55. The smallest absolute Gasteiger partial charge is 0.222 e. The number of primary amides is 1. The average Bonchev–Trinajstić information content (AvgIpc) is 2.39. The van der Waals surface area contributed by atoms with Gasteiger partial charge < -0.3 is 15.8 Å². The lowest BCUT2D eigenvalue weighted by Gasteiger charge is -2.40. The van der Waals surface area contributed by atoms with E-state index < -0.39 is 0 Å². The summed E-state index contributed by atoms with van der Waals surface area (Å²) in [6.45, 7) is 8.36. The number of amides is 1. The largest absolute Gasteiger partial charge is 0.496 e. The van der Waals surface area contributed by atoms with Gasteiger partial charge in [-0.2, -0.15) is 0 Å². The molecule has 0 aromatic heterocycles. The minimum Gasteiger partial charge on any atom is -0.496 e. The molecule has 116 valence electrons. The van der Waals surface area contributed by atoms with Crippen molar-refractivity contribution in [2.24, 2.45) is 17.6 Å². The van der Waals surface area contributed by atoms with Gasteiger partial charge in [-0.25, -0.2) is 0 Å². The second kappa shape index (κ2) is 6.06. The van der Waals surface area contributed by atoms with E-state index in [1.807, 2.05) is 13.0 Å². The Kier molecular flexibility index (Phi) is 4.57. The van der Waals surface area contributed by atoms with Gasteiger partial charge in [0.1, 0.15) is 5.75 Å². The molecular formula is C17H26N2O2. The summed E-state index contributed by atoms with van der Waals surface area (Å²) in [4.78, 5) is 11.9. The first-order chi connectivity index (χ1) is 9.85. The highest BCUT2D eigenvalue weighted by molar-refractivity contribution is 5.78. The van der Waals surface area contributed by atoms with Crippen molar-refractivity contribution in [3.05, 3.63) is 28.8 Å². The number of carbonyl (C=O) groups is 1. The van der Waals surface area contributed by atoms with Gasteiger partial charge in [0.05, 0.1) is 13.0 Å². The van der Waals surface area contributed by atoms with Gasteiger partial charge in [-0.05, 0) is 55.9 Å². The van der Waals surface area contributed by atoms with E-state index in [0.29, 0.717) is 6.04 Å². The maximum Gasteiger partial charge on any atom is 0.222 e. The third-order valence-electron chi connectivity index (χ3n) is 4.61. The number of rotatable bonds is 3. The van der Waals surface area contributed by atoms with Crippen molar-refractivity contribution in [1.29, 1.82) is 0 Å². The van der Waals surface area contributed by atoms with Crippen molar-refractivity contribution in [2.45, 2.75) is 46.2 Å². The fraction of sp³-hybridized carbons (Fsp3) is 0.588. The minimum atomic E-state index is -0.222. The Morgan fingerprint density at radius 3 is 2.52 bits per heavy atom. The van der Waals surface area contributed by atoms with E-state index in [1.54, 1.807) is 7.11 Å². The minimum absolute atomic E-state index is 0.0224. The standard InChI is InChI=1S/C17H26N2O2/c1-9-8-14(21-5)10(2)7-13(9)16-15(17(18)20)11(3)6-12(4)19-16/h7-8,11-12,15-16,19H,6H2,1-5H3,(H2,18,20). The fourth-order valence-electron chi connectivity index (χ4n) is 3.61. The lowest BCUT2D eigenvalue weighted by atomic mass is 9.75. The monoisotopic (exact) mass is 290 g/mol. The maximum absolute atomic E-state index is 11.9. The van der Waals surface area contributed by atoms with E-state index in [-0.39, 0.29) is 23.8 Å². The molecule has 1 aromatic carbocycles. The zero-order valence-electron chi connectivity index (χ0n) is 13.6. The lowest BCUT2D eigenvalue weighted by Crippen LogP contribution is -2.49. The second-order valence-corrected chi connectivity index (χ2v) is 6.36. The van der Waals surface area contributed by atoms with Crippen molar-refractivity contribution < 1.29 is 9.53 Å². The molecule has 4 atom stereocenters. The Bertz CT molecular complexity index is 542. The van der Waals surface area contributed by atoms with Crippen LogP contribution in [0.2, 0.25) is 0 Å². The van der Waals surface area contributed by atoms with Gasteiger partial charge in [0, 0.05) is 12.1 Å². The number of aryl methyl sites for hydroxylation is 2. The fourth-order valence-corrected chi connectivity index (χ4v) is 3.61. The van der Waals surface area contributed by atoms with E-state index in [4.69, 9.17) is 10.5 Å². The molecule has 0 saturated carbocycles. The summed E-state index contributed by atoms with van der Waals surface area (Å²) < 4.78 is 5.37. The van der Waals surface area contributed by atoms with Crippen LogP contribution in [0.25, 0.3) is 0 Å². The first kappa shape index (κ1) is 15.8. The summed E-state index contributed by atoms with van der Waals surface area (Å²) in [5.41, 5.74) is 9.03. The predicted octanol–water partition coefficient (Wildman–Crippen LogP) is 2.47. The molecule has 1 saturated heterocycles. The van der Waals surface area contributed by atoms with E-state index in [9.17, 15) is 4.79 Å². The summed E-state index contributed by atoms with van der Waals surface area (Å²) in [5, 5.41) is 3.56. The molecule has 4 heteroatoms. The SMILES string of the molecule is COc1cc(C)c(C2NC(C)CC(C)C2C(N)=O)cc1C. The Balaban J connectivity index is 2.46. The Labute approximate surface area is 127 Å². The number of carbonyl (C=O) groups excluding carboxylic acids is 1. The number of nitrogens with one attached hydrogen (secondary N) is 1. The third kappa shape index (κ3) is 3.05. The molecule has 2 rings (SSSR count). The molecule has 1 aliphatic rings. The average molecular weight is 290 g/mol. The van der Waals surface area contributed by atoms with E-state index in [1.165, 1.54) is 0 Å². The molecular weight excluding hydrogens is 264 g/mol. The van der Waals surface area contributed by atoms with Crippen molar-refractivity contribution in [3.8, 4) is 5.75 Å². The van der Waals surface area contributed by atoms with Gasteiger partial charge in [-0.15, -0.1) is 0 Å². The van der Waals surface area contributed by atoms with Crippen LogP contribution in [0, 0.1) is 25.7 Å². The molecule has 0 radical (unpaired) electrons. The van der Waals surface area contributed by atoms with E-state index >= 15 is 0 Å². The number of ether oxygens (including phenoxy) is 1. The van der Waals surface area contributed by atoms with Crippen molar-refractivity contribution >= 4 is 5.91 Å². The van der Waals surface area contributed by atoms with Crippen LogP contribution in [-0.2, 0) is 4.79 Å². The molecule has 0 spiro atoms. The van der Waals surface area contributed by atoms with Gasteiger partial charge >= 0.3 is 0 Å². The van der Waals surface area contributed by atoms with E-state index in [2.05, 4.69) is 32.2 Å². The molecule has 1 amide bonds. The summed E-state index contributed by atoms with van der Waals surface area (Å²) in [6, 6.07) is 4.51. The summed E-state index contributed by atoms with van der Waals surface area (Å²) in [7, 11) is 1.68. The molecule has 3 N–H and O–H groups in total. The van der Waals surface area contributed by atoms with Crippen LogP contribution in [0.4, 0.5) is 0 Å². The van der Waals surface area contributed by atoms with Crippen LogP contribution in [0.3, 0.4) is 0 Å². The second-order valence-electron chi connectivity index (χ2n) is 6.36. The molecule has 0 aliphatic carbocycles. The maximum atomic E-state index is 11.9. The van der Waals surface area contributed by atoms with Gasteiger partial charge in [0.25, 0.3) is 0 Å². The third-order valence-corrected chi connectivity index (χ3v) is 4.61. The molecule has 1 aromatic rings. The number of hydrogen-bond acceptors (Lipinski definition) is 3. The Morgan fingerprint density at radius 2 is 1.95 bits per heavy atom. The molecule has 0 bridgehead atoms. The van der Waals surface area contributed by atoms with Crippen molar-refractivity contribution in [3.63, 3.8) is 0 Å². The van der Waals surface area contributed by atoms with Crippen LogP contribution in [-0.4, -0.2) is 19.1 Å². The molecule has 1 heterocycles. The number of methoxy groups -OCH3 is 1. The van der Waals surface area contributed by atoms with Crippen LogP contribution >= 0.6 is 0 Å².